The van der Waals surface area contributed by atoms with E-state index in [2.05, 4.69) is 13.8 Å². The molecule has 32 heavy (non-hydrogen) atoms. The van der Waals surface area contributed by atoms with Crippen LogP contribution >= 0.6 is 0 Å². The number of esters is 1. The molecule has 0 radical (unpaired) electrons. The highest BCUT2D eigenvalue weighted by molar-refractivity contribution is 5.91. The van der Waals surface area contributed by atoms with Gasteiger partial charge in [0.2, 0.25) is 0 Å². The maximum absolute atomic E-state index is 14.6. The first-order chi connectivity index (χ1) is 15.5. The van der Waals surface area contributed by atoms with Gasteiger partial charge in [-0.2, -0.15) is 0 Å². The van der Waals surface area contributed by atoms with Gasteiger partial charge in [-0.15, -0.1) is 0 Å². The van der Waals surface area contributed by atoms with Gasteiger partial charge in [-0.05, 0) is 66.8 Å². The van der Waals surface area contributed by atoms with Gasteiger partial charge in [0.05, 0.1) is 5.56 Å². The Hall–Kier alpha value is -2.23. The highest BCUT2D eigenvalue weighted by Gasteiger charge is 2.23. The molecule has 0 amide bonds. The van der Waals surface area contributed by atoms with Crippen molar-refractivity contribution in [3.8, 4) is 5.75 Å². The molecule has 0 N–H and O–H groups in total. The molecule has 1 fully saturated rings. The summed E-state index contributed by atoms with van der Waals surface area (Å²) >= 11 is 0. The summed E-state index contributed by atoms with van der Waals surface area (Å²) in [6.07, 6.45) is 11.8. The lowest BCUT2D eigenvalue weighted by Gasteiger charge is -2.27. The Morgan fingerprint density at radius 1 is 0.875 bits per heavy atom. The van der Waals surface area contributed by atoms with Crippen LogP contribution in [0.5, 0.6) is 5.75 Å². The second-order valence-corrected chi connectivity index (χ2v) is 9.22. The zero-order valence-electron chi connectivity index (χ0n) is 19.5. The van der Waals surface area contributed by atoms with Crippen LogP contribution in [0.4, 0.5) is 8.78 Å². The minimum Gasteiger partial charge on any atom is -0.423 e. The lowest BCUT2D eigenvalue weighted by Crippen LogP contribution is -2.15. The standard InChI is InChI=1S/C28H36F2O2/c1-3-5-6-7-21-13-17-24(18-14-21)32-28(31)25-19-16-23(26(29)27(25)30)15-12-22-10-8-20(4-2)9-11-22/h13-14,16-20,22H,3-12,15H2,1-2H3. The number of ether oxygens (including phenoxy) is 1. The summed E-state index contributed by atoms with van der Waals surface area (Å²) in [5.41, 5.74) is 1.15. The van der Waals surface area contributed by atoms with E-state index in [1.807, 2.05) is 12.1 Å². The minimum absolute atomic E-state index is 0.334. The largest absolute Gasteiger partial charge is 0.423 e. The summed E-state index contributed by atoms with van der Waals surface area (Å²) < 4.78 is 34.6. The maximum Gasteiger partial charge on any atom is 0.346 e. The highest BCUT2D eigenvalue weighted by Crippen LogP contribution is 2.33. The molecule has 1 saturated carbocycles. The van der Waals surface area contributed by atoms with Gasteiger partial charge in [0.25, 0.3) is 0 Å². The number of hydrogen-bond acceptors (Lipinski definition) is 2. The van der Waals surface area contributed by atoms with Crippen LogP contribution < -0.4 is 4.74 Å². The van der Waals surface area contributed by atoms with Gasteiger partial charge in [-0.3, -0.25) is 0 Å². The number of carbonyl (C=O) groups excluding carboxylic acids is 1. The first-order valence-corrected chi connectivity index (χ1v) is 12.3. The Kier molecular flexibility index (Phi) is 9.25. The number of benzene rings is 2. The molecule has 0 unspecified atom stereocenters. The molecular weight excluding hydrogens is 406 g/mol. The third-order valence-corrected chi connectivity index (χ3v) is 6.95. The van der Waals surface area contributed by atoms with Crippen molar-refractivity contribution in [3.63, 3.8) is 0 Å². The molecule has 1 aliphatic carbocycles. The fourth-order valence-electron chi connectivity index (χ4n) is 4.69. The number of aryl methyl sites for hydroxylation is 2. The molecule has 1 aliphatic rings. The predicted octanol–water partition coefficient (Wildman–Crippen LogP) is 8.07. The Morgan fingerprint density at radius 3 is 2.22 bits per heavy atom. The fraction of sp³-hybridized carbons (Fsp3) is 0.536. The second-order valence-electron chi connectivity index (χ2n) is 9.22. The topological polar surface area (TPSA) is 26.3 Å². The SMILES string of the molecule is CCCCCc1ccc(OC(=O)c2ccc(CCC3CCC(CC)CC3)c(F)c2F)cc1. The van der Waals surface area contributed by atoms with E-state index in [4.69, 9.17) is 4.74 Å². The van der Waals surface area contributed by atoms with Gasteiger partial charge >= 0.3 is 5.97 Å². The number of rotatable bonds is 10. The van der Waals surface area contributed by atoms with Crippen LogP contribution in [-0.2, 0) is 12.8 Å². The van der Waals surface area contributed by atoms with E-state index in [1.54, 1.807) is 12.1 Å². The van der Waals surface area contributed by atoms with E-state index in [1.165, 1.54) is 56.2 Å². The molecule has 3 rings (SSSR count). The zero-order valence-corrected chi connectivity index (χ0v) is 19.5. The van der Waals surface area contributed by atoms with Crippen molar-refractivity contribution in [2.75, 3.05) is 0 Å². The van der Waals surface area contributed by atoms with Crippen LogP contribution in [0, 0.1) is 23.5 Å². The molecule has 2 aromatic carbocycles. The van der Waals surface area contributed by atoms with E-state index in [9.17, 15) is 13.6 Å². The van der Waals surface area contributed by atoms with Crippen molar-refractivity contribution >= 4 is 5.97 Å². The fourth-order valence-corrected chi connectivity index (χ4v) is 4.69. The van der Waals surface area contributed by atoms with Crippen molar-refractivity contribution in [2.24, 2.45) is 11.8 Å². The van der Waals surface area contributed by atoms with Gasteiger partial charge in [-0.1, -0.05) is 77.0 Å². The maximum atomic E-state index is 14.6. The Morgan fingerprint density at radius 2 is 1.56 bits per heavy atom. The molecule has 2 nitrogen and oxygen atoms in total. The number of halogens is 2. The van der Waals surface area contributed by atoms with E-state index in [0.29, 0.717) is 23.7 Å². The van der Waals surface area contributed by atoms with Crippen molar-refractivity contribution in [2.45, 2.75) is 84.5 Å². The summed E-state index contributed by atoms with van der Waals surface area (Å²) in [4.78, 5) is 12.4. The van der Waals surface area contributed by atoms with Crippen molar-refractivity contribution in [1.29, 1.82) is 0 Å². The van der Waals surface area contributed by atoms with Crippen LogP contribution in [0.25, 0.3) is 0 Å². The Balaban J connectivity index is 1.56. The molecule has 0 bridgehead atoms. The number of carbonyl (C=O) groups is 1. The number of hydrogen-bond donors (Lipinski definition) is 0. The minimum atomic E-state index is -1.11. The first-order valence-electron chi connectivity index (χ1n) is 12.3. The van der Waals surface area contributed by atoms with Crippen molar-refractivity contribution in [3.05, 3.63) is 64.7 Å². The lowest BCUT2D eigenvalue weighted by molar-refractivity contribution is 0.0728. The summed E-state index contributed by atoms with van der Waals surface area (Å²) in [6.45, 7) is 4.40. The quantitative estimate of drug-likeness (QED) is 0.211. The summed E-state index contributed by atoms with van der Waals surface area (Å²) in [5, 5.41) is 0. The first kappa shape index (κ1) is 24.4. The monoisotopic (exact) mass is 442 g/mol. The van der Waals surface area contributed by atoms with Gasteiger partial charge in [-0.25, -0.2) is 13.6 Å². The van der Waals surface area contributed by atoms with E-state index >= 15 is 0 Å². The molecule has 0 heterocycles. The predicted molar refractivity (Wildman–Crippen MR) is 125 cm³/mol. The Labute approximate surface area is 191 Å². The lowest BCUT2D eigenvalue weighted by atomic mass is 9.78. The summed E-state index contributed by atoms with van der Waals surface area (Å²) in [5.74, 6) is -1.17. The zero-order chi connectivity index (χ0) is 22.9. The molecule has 0 atom stereocenters. The van der Waals surface area contributed by atoms with E-state index in [-0.39, 0.29) is 5.56 Å². The van der Waals surface area contributed by atoms with Crippen LogP contribution in [0.3, 0.4) is 0 Å². The molecule has 0 aromatic heterocycles. The molecule has 0 aliphatic heterocycles. The van der Waals surface area contributed by atoms with Crippen LogP contribution in [-0.4, -0.2) is 5.97 Å². The van der Waals surface area contributed by atoms with Crippen LogP contribution in [0.15, 0.2) is 36.4 Å². The van der Waals surface area contributed by atoms with Crippen LogP contribution in [0.2, 0.25) is 0 Å². The smallest absolute Gasteiger partial charge is 0.346 e. The van der Waals surface area contributed by atoms with Gasteiger partial charge < -0.3 is 4.74 Å². The molecule has 4 heteroatoms. The van der Waals surface area contributed by atoms with Crippen LogP contribution in [0.1, 0.15) is 93.1 Å². The third-order valence-electron chi connectivity index (χ3n) is 6.95. The average Bonchev–Trinajstić information content (AvgIpc) is 2.81. The normalized spacial score (nSPS) is 18.5. The van der Waals surface area contributed by atoms with Gasteiger partial charge in [0.15, 0.2) is 11.6 Å². The Bertz CT molecular complexity index is 868. The van der Waals surface area contributed by atoms with Crippen molar-refractivity contribution in [1.82, 2.24) is 0 Å². The average molecular weight is 443 g/mol. The second kappa shape index (κ2) is 12.1. The van der Waals surface area contributed by atoms with E-state index < -0.39 is 17.6 Å². The molecule has 0 spiro atoms. The van der Waals surface area contributed by atoms with Gasteiger partial charge in [0, 0.05) is 0 Å². The van der Waals surface area contributed by atoms with Gasteiger partial charge in [0.1, 0.15) is 5.75 Å². The third kappa shape index (κ3) is 6.63. The number of unbranched alkanes of at least 4 members (excludes halogenated alkanes) is 2. The summed E-state index contributed by atoms with van der Waals surface area (Å²) in [7, 11) is 0. The molecule has 0 saturated heterocycles. The van der Waals surface area contributed by atoms with E-state index in [0.717, 1.165) is 31.6 Å². The molecule has 174 valence electrons. The molecular formula is C28H36F2O2. The highest BCUT2D eigenvalue weighted by atomic mass is 19.2. The molecule has 2 aromatic rings. The van der Waals surface area contributed by atoms with Crippen molar-refractivity contribution < 1.29 is 18.3 Å². The summed E-state index contributed by atoms with van der Waals surface area (Å²) in [6, 6.07) is 10.1.